The van der Waals surface area contributed by atoms with Crippen LogP contribution in [0.5, 0.6) is 0 Å². The summed E-state index contributed by atoms with van der Waals surface area (Å²) in [6.07, 6.45) is 4.74. The van der Waals surface area contributed by atoms with Crippen molar-refractivity contribution in [3.8, 4) is 0 Å². The molecular weight excluding hydrogens is 244 g/mol. The first-order chi connectivity index (χ1) is 8.60. The average molecular weight is 264 g/mol. The van der Waals surface area contributed by atoms with Crippen LogP contribution in [0.15, 0.2) is 18.2 Å². The van der Waals surface area contributed by atoms with E-state index >= 15 is 0 Å². The van der Waals surface area contributed by atoms with Crippen molar-refractivity contribution < 1.29 is 4.79 Å². The Hall–Kier alpha value is -1.16. The van der Waals surface area contributed by atoms with E-state index in [9.17, 15) is 4.79 Å². The Morgan fingerprint density at radius 1 is 1.44 bits per heavy atom. The second-order valence-corrected chi connectivity index (χ2v) is 6.12. The molecule has 3 nitrogen and oxygen atoms in total. The Morgan fingerprint density at radius 3 is 2.72 bits per heavy atom. The average Bonchev–Trinajstić information content (AvgIpc) is 3.17. The zero-order chi connectivity index (χ0) is 13.2. The summed E-state index contributed by atoms with van der Waals surface area (Å²) in [4.78, 5) is 11.6. The van der Waals surface area contributed by atoms with Gasteiger partial charge in [-0.2, -0.15) is 11.8 Å². The van der Waals surface area contributed by atoms with Crippen molar-refractivity contribution in [1.82, 2.24) is 5.32 Å². The first-order valence-corrected chi connectivity index (χ1v) is 7.44. The minimum Gasteiger partial charge on any atom is -0.383 e. The molecule has 1 aliphatic carbocycles. The predicted octanol–water partition coefficient (Wildman–Crippen LogP) is 2.66. The molecule has 0 heterocycles. The Bertz CT molecular complexity index is 455. The Morgan fingerprint density at radius 2 is 2.17 bits per heavy atom. The van der Waals surface area contributed by atoms with Gasteiger partial charge in [0.05, 0.1) is 0 Å². The van der Waals surface area contributed by atoms with E-state index in [1.165, 1.54) is 18.4 Å². The SMILES string of the molecule is CNC(=O)c1ccc(C)c(NCC2(SC)CC2)c1. The van der Waals surface area contributed by atoms with Crippen molar-refractivity contribution in [3.05, 3.63) is 29.3 Å². The van der Waals surface area contributed by atoms with Crippen LogP contribution in [0.4, 0.5) is 5.69 Å². The number of aryl methyl sites for hydroxylation is 1. The highest BCUT2D eigenvalue weighted by molar-refractivity contribution is 8.00. The molecule has 1 aromatic rings. The van der Waals surface area contributed by atoms with E-state index in [1.54, 1.807) is 7.05 Å². The second-order valence-electron chi connectivity index (χ2n) is 4.85. The summed E-state index contributed by atoms with van der Waals surface area (Å²) >= 11 is 1.94. The first kappa shape index (κ1) is 13.3. The fraction of sp³-hybridized carbons (Fsp3) is 0.500. The fourth-order valence-corrected chi connectivity index (χ4v) is 2.67. The molecule has 18 heavy (non-hydrogen) atoms. The quantitative estimate of drug-likeness (QED) is 0.859. The summed E-state index contributed by atoms with van der Waals surface area (Å²) in [7, 11) is 1.65. The highest BCUT2D eigenvalue weighted by atomic mass is 32.2. The number of carbonyl (C=O) groups is 1. The van der Waals surface area contributed by atoms with Crippen LogP contribution in [0.25, 0.3) is 0 Å². The van der Waals surface area contributed by atoms with Crippen molar-refractivity contribution in [3.63, 3.8) is 0 Å². The lowest BCUT2D eigenvalue weighted by Crippen LogP contribution is -2.20. The number of thioether (sulfide) groups is 1. The molecule has 4 heteroatoms. The summed E-state index contributed by atoms with van der Waals surface area (Å²) in [6.45, 7) is 3.04. The van der Waals surface area contributed by atoms with Gasteiger partial charge in [-0.05, 0) is 43.7 Å². The number of nitrogens with one attached hydrogen (secondary N) is 2. The molecule has 0 unspecified atom stereocenters. The lowest BCUT2D eigenvalue weighted by molar-refractivity contribution is 0.0963. The maximum Gasteiger partial charge on any atom is 0.251 e. The van der Waals surface area contributed by atoms with E-state index in [4.69, 9.17) is 0 Å². The predicted molar refractivity (Wildman–Crippen MR) is 78.5 cm³/mol. The van der Waals surface area contributed by atoms with E-state index in [1.807, 2.05) is 30.0 Å². The van der Waals surface area contributed by atoms with E-state index in [-0.39, 0.29) is 5.91 Å². The minimum absolute atomic E-state index is 0.0379. The van der Waals surface area contributed by atoms with Crippen LogP contribution in [0.2, 0.25) is 0 Å². The van der Waals surface area contributed by atoms with Crippen molar-refractivity contribution >= 4 is 23.4 Å². The Balaban J connectivity index is 2.09. The third-order valence-corrected chi connectivity index (χ3v) is 4.99. The number of anilines is 1. The maximum atomic E-state index is 11.6. The maximum absolute atomic E-state index is 11.6. The van der Waals surface area contributed by atoms with E-state index in [0.29, 0.717) is 10.3 Å². The third kappa shape index (κ3) is 2.80. The lowest BCUT2D eigenvalue weighted by Gasteiger charge is -2.16. The van der Waals surface area contributed by atoms with E-state index in [0.717, 1.165) is 12.2 Å². The van der Waals surface area contributed by atoms with Crippen LogP contribution in [0.1, 0.15) is 28.8 Å². The number of hydrogen-bond acceptors (Lipinski definition) is 3. The number of carbonyl (C=O) groups excluding carboxylic acids is 1. The molecule has 0 atom stereocenters. The van der Waals surface area contributed by atoms with Gasteiger partial charge in [-0.25, -0.2) is 0 Å². The van der Waals surface area contributed by atoms with Gasteiger partial charge < -0.3 is 10.6 Å². The molecule has 2 N–H and O–H groups in total. The summed E-state index contributed by atoms with van der Waals surface area (Å²) < 4.78 is 0.426. The lowest BCUT2D eigenvalue weighted by atomic mass is 10.1. The second kappa shape index (κ2) is 5.22. The molecule has 0 radical (unpaired) electrons. The Labute approximate surface area is 113 Å². The highest BCUT2D eigenvalue weighted by Crippen LogP contribution is 2.47. The molecule has 0 spiro atoms. The molecule has 0 aliphatic heterocycles. The first-order valence-electron chi connectivity index (χ1n) is 6.22. The van der Waals surface area contributed by atoms with E-state index < -0.39 is 0 Å². The topological polar surface area (TPSA) is 41.1 Å². The zero-order valence-corrected chi connectivity index (χ0v) is 12.0. The van der Waals surface area contributed by atoms with Gasteiger partial charge in [0.25, 0.3) is 5.91 Å². The number of amides is 1. The molecule has 1 saturated carbocycles. The molecule has 0 saturated heterocycles. The van der Waals surface area contributed by atoms with Gasteiger partial charge in [0.2, 0.25) is 0 Å². The molecule has 0 aromatic heterocycles. The summed E-state index contributed by atoms with van der Waals surface area (Å²) in [5.41, 5.74) is 2.95. The van der Waals surface area contributed by atoms with Crippen LogP contribution in [-0.4, -0.2) is 30.5 Å². The van der Waals surface area contributed by atoms with Gasteiger partial charge in [0.15, 0.2) is 0 Å². The number of rotatable bonds is 5. The Kier molecular flexibility index (Phi) is 3.85. The number of benzene rings is 1. The van der Waals surface area contributed by atoms with Crippen molar-refractivity contribution in [2.45, 2.75) is 24.5 Å². The minimum atomic E-state index is -0.0379. The van der Waals surface area contributed by atoms with Gasteiger partial charge in [-0.3, -0.25) is 4.79 Å². The molecule has 1 aromatic carbocycles. The largest absolute Gasteiger partial charge is 0.383 e. The van der Waals surface area contributed by atoms with Crippen molar-refractivity contribution in [1.29, 1.82) is 0 Å². The molecular formula is C14H20N2OS. The summed E-state index contributed by atoms with van der Waals surface area (Å²) in [5, 5.41) is 6.14. The number of hydrogen-bond donors (Lipinski definition) is 2. The molecule has 2 rings (SSSR count). The van der Waals surface area contributed by atoms with Gasteiger partial charge in [0, 0.05) is 29.6 Å². The fourth-order valence-electron chi connectivity index (χ4n) is 1.95. The standard InChI is InChI=1S/C14H20N2OS/c1-10-4-5-11(13(17)15-2)8-12(10)16-9-14(18-3)6-7-14/h4-5,8,16H,6-7,9H2,1-3H3,(H,15,17). The van der Waals surface area contributed by atoms with Crippen LogP contribution in [-0.2, 0) is 0 Å². The van der Waals surface area contributed by atoms with Gasteiger partial charge in [-0.1, -0.05) is 6.07 Å². The van der Waals surface area contributed by atoms with Crippen LogP contribution in [0, 0.1) is 6.92 Å². The zero-order valence-electron chi connectivity index (χ0n) is 11.2. The highest BCUT2D eigenvalue weighted by Gasteiger charge is 2.41. The van der Waals surface area contributed by atoms with E-state index in [2.05, 4.69) is 23.8 Å². The molecule has 1 amide bonds. The molecule has 98 valence electrons. The molecule has 1 aliphatic rings. The van der Waals surface area contributed by atoms with Gasteiger partial charge >= 0.3 is 0 Å². The third-order valence-electron chi connectivity index (χ3n) is 3.57. The van der Waals surface area contributed by atoms with Gasteiger partial charge in [-0.15, -0.1) is 0 Å². The monoisotopic (exact) mass is 264 g/mol. The van der Waals surface area contributed by atoms with Crippen molar-refractivity contribution in [2.75, 3.05) is 25.2 Å². The summed E-state index contributed by atoms with van der Waals surface area (Å²) in [5.74, 6) is -0.0379. The molecule has 0 bridgehead atoms. The van der Waals surface area contributed by atoms with Crippen LogP contribution in [0.3, 0.4) is 0 Å². The smallest absolute Gasteiger partial charge is 0.251 e. The van der Waals surface area contributed by atoms with Crippen LogP contribution >= 0.6 is 11.8 Å². The van der Waals surface area contributed by atoms with Crippen molar-refractivity contribution in [2.24, 2.45) is 0 Å². The van der Waals surface area contributed by atoms with Crippen LogP contribution < -0.4 is 10.6 Å². The van der Waals surface area contributed by atoms with Gasteiger partial charge in [0.1, 0.15) is 0 Å². The normalized spacial score (nSPS) is 16.2. The molecule has 1 fully saturated rings. The summed E-state index contributed by atoms with van der Waals surface area (Å²) in [6, 6.07) is 5.79.